The summed E-state index contributed by atoms with van der Waals surface area (Å²) in [5.41, 5.74) is 3.89. The van der Waals surface area contributed by atoms with Crippen LogP contribution in [-0.4, -0.2) is 61.5 Å². The van der Waals surface area contributed by atoms with Gasteiger partial charge >= 0.3 is 0 Å². The topological polar surface area (TPSA) is 49.9 Å². The summed E-state index contributed by atoms with van der Waals surface area (Å²) >= 11 is 0. The standard InChI is InChI=1S/C12H15NO2.C12H17NO.C2H6/c1-10-2-4-11(5-3-10)12(14)13-6-8-15-9-7-13;1-4-9-13(3)12(14)11-7-5-10(2)6-8-11;1-2/h2-5H,6-9H2,1H3;5-8H,4,9H2,1-3H3;1-2H3. The van der Waals surface area contributed by atoms with E-state index in [0.29, 0.717) is 26.3 Å². The van der Waals surface area contributed by atoms with Gasteiger partial charge in [-0.2, -0.15) is 0 Å². The average molecular weight is 427 g/mol. The fourth-order valence-electron chi connectivity index (χ4n) is 3.00. The zero-order valence-corrected chi connectivity index (χ0v) is 20.0. The Kier molecular flexibility index (Phi) is 12.2. The largest absolute Gasteiger partial charge is 0.378 e. The van der Waals surface area contributed by atoms with Gasteiger partial charge in [-0.1, -0.05) is 56.2 Å². The van der Waals surface area contributed by atoms with Crippen molar-refractivity contribution < 1.29 is 14.3 Å². The first-order chi connectivity index (χ1) is 14.9. The molecule has 0 radical (unpaired) electrons. The van der Waals surface area contributed by atoms with E-state index in [9.17, 15) is 9.59 Å². The highest BCUT2D eigenvalue weighted by molar-refractivity contribution is 5.94. The molecule has 1 fully saturated rings. The molecule has 0 bridgehead atoms. The van der Waals surface area contributed by atoms with Crippen molar-refractivity contribution in [3.8, 4) is 0 Å². The molecule has 1 aliphatic rings. The molecule has 1 heterocycles. The van der Waals surface area contributed by atoms with Gasteiger partial charge in [0.05, 0.1) is 13.2 Å². The molecular formula is C26H38N2O3. The quantitative estimate of drug-likeness (QED) is 0.693. The summed E-state index contributed by atoms with van der Waals surface area (Å²) in [6.07, 6.45) is 0.994. The van der Waals surface area contributed by atoms with Crippen LogP contribution in [0.1, 0.15) is 59.0 Å². The molecule has 0 N–H and O–H groups in total. The minimum absolute atomic E-state index is 0.104. The molecular weight excluding hydrogens is 388 g/mol. The Balaban J connectivity index is 0.000000288. The molecule has 0 spiro atoms. The van der Waals surface area contributed by atoms with Crippen LogP contribution in [0.4, 0.5) is 0 Å². The van der Waals surface area contributed by atoms with Crippen LogP contribution in [0.3, 0.4) is 0 Å². The van der Waals surface area contributed by atoms with Crippen molar-refractivity contribution in [3.63, 3.8) is 0 Å². The van der Waals surface area contributed by atoms with Crippen LogP contribution in [0.2, 0.25) is 0 Å². The van der Waals surface area contributed by atoms with Gasteiger partial charge in [-0.05, 0) is 44.5 Å². The van der Waals surface area contributed by atoms with E-state index in [-0.39, 0.29) is 11.8 Å². The van der Waals surface area contributed by atoms with Gasteiger partial charge in [-0.3, -0.25) is 9.59 Å². The average Bonchev–Trinajstić information content (AvgIpc) is 2.81. The molecule has 0 unspecified atom stereocenters. The fourth-order valence-corrected chi connectivity index (χ4v) is 3.00. The minimum Gasteiger partial charge on any atom is -0.378 e. The van der Waals surface area contributed by atoms with Crippen LogP contribution in [0.5, 0.6) is 0 Å². The number of benzene rings is 2. The summed E-state index contributed by atoms with van der Waals surface area (Å²) in [5.74, 6) is 0.213. The van der Waals surface area contributed by atoms with Crippen molar-refractivity contribution in [2.24, 2.45) is 0 Å². The van der Waals surface area contributed by atoms with E-state index in [2.05, 4.69) is 6.92 Å². The number of hydrogen-bond acceptors (Lipinski definition) is 3. The van der Waals surface area contributed by atoms with Crippen LogP contribution >= 0.6 is 0 Å². The van der Waals surface area contributed by atoms with Crippen LogP contribution in [0, 0.1) is 13.8 Å². The zero-order valence-electron chi connectivity index (χ0n) is 20.0. The number of morpholine rings is 1. The molecule has 5 nitrogen and oxygen atoms in total. The number of nitrogens with zero attached hydrogens (tertiary/aromatic N) is 2. The van der Waals surface area contributed by atoms with Crippen LogP contribution in [0.15, 0.2) is 48.5 Å². The van der Waals surface area contributed by atoms with Gasteiger partial charge in [0.2, 0.25) is 0 Å². The Hall–Kier alpha value is -2.66. The molecule has 31 heavy (non-hydrogen) atoms. The van der Waals surface area contributed by atoms with E-state index in [4.69, 9.17) is 4.74 Å². The number of carbonyl (C=O) groups excluding carboxylic acids is 2. The number of carbonyl (C=O) groups is 2. The highest BCUT2D eigenvalue weighted by atomic mass is 16.5. The smallest absolute Gasteiger partial charge is 0.254 e. The van der Waals surface area contributed by atoms with Gasteiger partial charge in [-0.25, -0.2) is 0 Å². The third kappa shape index (κ3) is 8.93. The first-order valence-electron chi connectivity index (χ1n) is 11.2. The number of rotatable bonds is 4. The lowest BCUT2D eigenvalue weighted by atomic mass is 10.1. The van der Waals surface area contributed by atoms with Crippen molar-refractivity contribution in [2.45, 2.75) is 41.0 Å². The molecule has 0 aromatic heterocycles. The van der Waals surface area contributed by atoms with Crippen LogP contribution in [-0.2, 0) is 4.74 Å². The summed E-state index contributed by atoms with van der Waals surface area (Å²) < 4.78 is 5.21. The number of ether oxygens (including phenoxy) is 1. The van der Waals surface area contributed by atoms with Crippen LogP contribution in [0.25, 0.3) is 0 Å². The van der Waals surface area contributed by atoms with Gasteiger partial charge < -0.3 is 14.5 Å². The van der Waals surface area contributed by atoms with Crippen molar-refractivity contribution in [1.82, 2.24) is 9.80 Å². The SMILES string of the molecule is CC.CCCN(C)C(=O)c1ccc(C)cc1.Cc1ccc(C(=O)N2CCOCC2)cc1. The molecule has 0 saturated carbocycles. The van der Waals surface area contributed by atoms with Crippen molar-refractivity contribution in [1.29, 1.82) is 0 Å². The van der Waals surface area contributed by atoms with Gasteiger partial charge in [0.1, 0.15) is 0 Å². The molecule has 0 aliphatic carbocycles. The normalized spacial score (nSPS) is 12.6. The fraction of sp³-hybridized carbons (Fsp3) is 0.462. The number of aryl methyl sites for hydroxylation is 2. The molecule has 3 rings (SSSR count). The highest BCUT2D eigenvalue weighted by Crippen LogP contribution is 2.09. The van der Waals surface area contributed by atoms with E-state index in [0.717, 1.165) is 24.1 Å². The highest BCUT2D eigenvalue weighted by Gasteiger charge is 2.17. The first kappa shape index (κ1) is 26.4. The zero-order chi connectivity index (χ0) is 23.2. The lowest BCUT2D eigenvalue weighted by molar-refractivity contribution is 0.0303. The van der Waals surface area contributed by atoms with Crippen molar-refractivity contribution in [2.75, 3.05) is 39.9 Å². The third-order valence-corrected chi connectivity index (χ3v) is 4.80. The lowest BCUT2D eigenvalue weighted by Crippen LogP contribution is -2.40. The molecule has 2 amide bonds. The number of hydrogen-bond donors (Lipinski definition) is 0. The van der Waals surface area contributed by atoms with E-state index < -0.39 is 0 Å². The van der Waals surface area contributed by atoms with E-state index >= 15 is 0 Å². The van der Waals surface area contributed by atoms with Gasteiger partial charge in [0, 0.05) is 37.8 Å². The maximum absolute atomic E-state index is 12.0. The second-order valence-corrected chi connectivity index (χ2v) is 7.36. The third-order valence-electron chi connectivity index (χ3n) is 4.80. The van der Waals surface area contributed by atoms with Gasteiger partial charge in [0.15, 0.2) is 0 Å². The molecule has 1 aliphatic heterocycles. The summed E-state index contributed by atoms with van der Waals surface area (Å²) in [4.78, 5) is 27.3. The maximum Gasteiger partial charge on any atom is 0.254 e. The Bertz CT molecular complexity index is 779. The molecule has 2 aromatic rings. The second kappa shape index (κ2) is 14.4. The minimum atomic E-state index is 0.104. The van der Waals surface area contributed by atoms with Crippen molar-refractivity contribution >= 4 is 11.8 Å². The van der Waals surface area contributed by atoms with Gasteiger partial charge in [-0.15, -0.1) is 0 Å². The van der Waals surface area contributed by atoms with E-state index in [1.807, 2.05) is 88.2 Å². The summed E-state index contributed by atoms with van der Waals surface area (Å²) in [7, 11) is 1.84. The second-order valence-electron chi connectivity index (χ2n) is 7.36. The molecule has 1 saturated heterocycles. The Labute approximate surface area is 188 Å². The van der Waals surface area contributed by atoms with E-state index in [1.165, 1.54) is 11.1 Å². The van der Waals surface area contributed by atoms with Crippen LogP contribution < -0.4 is 0 Å². The lowest BCUT2D eigenvalue weighted by Gasteiger charge is -2.26. The predicted octanol–water partition coefficient (Wildman–Crippen LogP) is 4.97. The molecule has 170 valence electrons. The molecule has 2 aromatic carbocycles. The summed E-state index contributed by atoms with van der Waals surface area (Å²) in [5, 5.41) is 0. The monoisotopic (exact) mass is 426 g/mol. The predicted molar refractivity (Wildman–Crippen MR) is 128 cm³/mol. The Morgan fingerprint density at radius 3 is 1.77 bits per heavy atom. The summed E-state index contributed by atoms with van der Waals surface area (Å²) in [6, 6.07) is 15.4. The Morgan fingerprint density at radius 2 is 1.32 bits per heavy atom. The molecule has 5 heteroatoms. The Morgan fingerprint density at radius 1 is 0.871 bits per heavy atom. The maximum atomic E-state index is 12.0. The first-order valence-corrected chi connectivity index (χ1v) is 11.2. The number of amides is 2. The molecule has 0 atom stereocenters. The van der Waals surface area contributed by atoms with Crippen molar-refractivity contribution in [3.05, 3.63) is 70.8 Å². The van der Waals surface area contributed by atoms with E-state index in [1.54, 1.807) is 4.90 Å². The van der Waals surface area contributed by atoms with Gasteiger partial charge in [0.25, 0.3) is 11.8 Å². The summed E-state index contributed by atoms with van der Waals surface area (Å²) in [6.45, 7) is 13.6.